The van der Waals surface area contributed by atoms with Crippen LogP contribution in [0.2, 0.25) is 0 Å². The molecule has 60 heavy (non-hydrogen) atoms. The summed E-state index contributed by atoms with van der Waals surface area (Å²) in [5.74, 6) is 0. The molecule has 10 aromatic carbocycles. The van der Waals surface area contributed by atoms with E-state index in [0.717, 1.165) is 6.42 Å². The van der Waals surface area contributed by atoms with Crippen molar-refractivity contribution >= 4 is 72.2 Å². The molecule has 1 heterocycles. The molecular weight excluding hydrogens is 739 g/mol. The summed E-state index contributed by atoms with van der Waals surface area (Å²) >= 11 is 0. The minimum Gasteiger partial charge on any atom is -0.309 e. The molecule has 0 amide bonds. The lowest BCUT2D eigenvalue weighted by atomic mass is 9.62. The van der Waals surface area contributed by atoms with E-state index in [0.29, 0.717) is 0 Å². The number of nitrogens with zero attached hydrogens (tertiary/aromatic N) is 1. The number of hydrogen-bond donors (Lipinski definition) is 0. The summed E-state index contributed by atoms with van der Waals surface area (Å²) in [5.41, 5.74) is 8.57. The van der Waals surface area contributed by atoms with Crippen LogP contribution in [-0.2, 0) is 11.8 Å². The summed E-state index contributed by atoms with van der Waals surface area (Å²) in [6.07, 6.45) is 0.868. The Hall–Kier alpha value is -7.26. The SMILES string of the molecule is c1ccc([Si](c2ccccc2)(c2ccccc2)c2ccc(C3(c4ccc(-n5c6ccccc6c6ccccc65)cc4)Cc4cccc5ccc6cccc3c6c45)cc2)cc1. The van der Waals surface area contributed by atoms with Gasteiger partial charge in [-0.1, -0.05) is 212 Å². The molecule has 11 aromatic rings. The third-order valence-corrected chi connectivity index (χ3v) is 18.3. The van der Waals surface area contributed by atoms with Crippen LogP contribution in [-0.4, -0.2) is 12.6 Å². The number of benzene rings is 10. The van der Waals surface area contributed by atoms with E-state index in [1.54, 1.807) is 0 Å². The van der Waals surface area contributed by atoms with Gasteiger partial charge in [-0.3, -0.25) is 0 Å². The highest BCUT2D eigenvalue weighted by molar-refractivity contribution is 7.19. The van der Waals surface area contributed by atoms with Gasteiger partial charge in [0.1, 0.15) is 0 Å². The van der Waals surface area contributed by atoms with Crippen LogP contribution in [0.15, 0.2) is 237 Å². The van der Waals surface area contributed by atoms with Crippen LogP contribution in [0.5, 0.6) is 0 Å². The van der Waals surface area contributed by atoms with Crippen LogP contribution in [0.3, 0.4) is 0 Å². The number of aromatic nitrogens is 1. The van der Waals surface area contributed by atoms with E-state index in [9.17, 15) is 0 Å². The number of hydrogen-bond acceptors (Lipinski definition) is 0. The molecule has 1 nitrogen and oxygen atoms in total. The van der Waals surface area contributed by atoms with Gasteiger partial charge in [-0.15, -0.1) is 0 Å². The molecule has 0 N–H and O–H groups in total. The fourth-order valence-electron chi connectivity index (χ4n) is 11.0. The first-order chi connectivity index (χ1) is 29.7. The van der Waals surface area contributed by atoms with Crippen LogP contribution in [0.1, 0.15) is 22.3 Å². The molecule has 2 heteroatoms. The predicted octanol–water partition coefficient (Wildman–Crippen LogP) is 11.4. The molecule has 1 aromatic heterocycles. The van der Waals surface area contributed by atoms with E-state index in [-0.39, 0.29) is 0 Å². The van der Waals surface area contributed by atoms with E-state index in [1.807, 2.05) is 0 Å². The second-order valence-electron chi connectivity index (χ2n) is 16.4. The highest BCUT2D eigenvalue weighted by Crippen LogP contribution is 2.51. The third-order valence-electron chi connectivity index (χ3n) is 13.5. The van der Waals surface area contributed by atoms with Gasteiger partial charge in [0.25, 0.3) is 0 Å². The van der Waals surface area contributed by atoms with Gasteiger partial charge in [-0.05, 0) is 95.2 Å². The molecule has 282 valence electrons. The highest BCUT2D eigenvalue weighted by atomic mass is 28.3. The van der Waals surface area contributed by atoms with Gasteiger partial charge in [-0.2, -0.15) is 0 Å². The predicted molar refractivity (Wildman–Crippen MR) is 256 cm³/mol. The first-order valence-electron chi connectivity index (χ1n) is 21.1. The molecule has 0 spiro atoms. The van der Waals surface area contributed by atoms with Gasteiger partial charge in [0.15, 0.2) is 8.07 Å². The zero-order chi connectivity index (χ0) is 39.7. The van der Waals surface area contributed by atoms with Crippen LogP contribution in [0.25, 0.3) is 49.0 Å². The van der Waals surface area contributed by atoms with Gasteiger partial charge in [-0.25, -0.2) is 0 Å². The molecular formula is C58H41NSi. The molecule has 1 aliphatic carbocycles. The second-order valence-corrected chi connectivity index (χ2v) is 20.2. The molecule has 1 unspecified atom stereocenters. The number of para-hydroxylation sites is 2. The largest absolute Gasteiger partial charge is 0.309 e. The maximum Gasteiger partial charge on any atom is 0.179 e. The lowest BCUT2D eigenvalue weighted by Gasteiger charge is -2.41. The maximum absolute atomic E-state index is 2.71. The van der Waals surface area contributed by atoms with E-state index in [1.165, 1.54) is 92.0 Å². The van der Waals surface area contributed by atoms with Crippen molar-refractivity contribution in [2.75, 3.05) is 0 Å². The lowest BCUT2D eigenvalue weighted by Crippen LogP contribution is -2.74. The first-order valence-corrected chi connectivity index (χ1v) is 23.1. The Bertz CT molecular complexity index is 3220. The summed E-state index contributed by atoms with van der Waals surface area (Å²) in [6.45, 7) is 0. The Morgan fingerprint density at radius 1 is 0.350 bits per heavy atom. The topological polar surface area (TPSA) is 4.93 Å². The van der Waals surface area contributed by atoms with Crippen molar-refractivity contribution in [3.05, 3.63) is 259 Å². The van der Waals surface area contributed by atoms with Crippen molar-refractivity contribution in [3.63, 3.8) is 0 Å². The molecule has 0 fully saturated rings. The zero-order valence-corrected chi connectivity index (χ0v) is 34.2. The monoisotopic (exact) mass is 779 g/mol. The lowest BCUT2D eigenvalue weighted by molar-refractivity contribution is 0.616. The Balaban J connectivity index is 1.11. The molecule has 0 saturated carbocycles. The molecule has 0 bridgehead atoms. The van der Waals surface area contributed by atoms with Crippen LogP contribution in [0, 0.1) is 0 Å². The third kappa shape index (κ3) is 4.98. The standard InChI is InChI=1S/C58H41NSi/c1-4-19-47(20-5-1)60(48-21-6-2-7-22-48,49-23-8-3-9-24-49)50-38-34-45(35-39-50)58(40-43-18-14-16-41-30-31-42-17-15-27-53(58)57(42)56(41)43)44-32-36-46(37-33-44)59-54-28-12-10-25-51(54)52-26-11-13-29-55(52)59/h1-39H,40H2. The second kappa shape index (κ2) is 13.7. The Morgan fingerprint density at radius 2 is 0.800 bits per heavy atom. The minimum absolute atomic E-state index is 0.434. The molecule has 1 aliphatic rings. The quantitative estimate of drug-likeness (QED) is 0.0863. The van der Waals surface area contributed by atoms with Crippen molar-refractivity contribution in [2.24, 2.45) is 0 Å². The normalized spacial score (nSPS) is 15.0. The Labute approximate surface area is 351 Å². The highest BCUT2D eigenvalue weighted by Gasteiger charge is 2.44. The number of fused-ring (bicyclic) bond motifs is 3. The van der Waals surface area contributed by atoms with Crippen LogP contribution >= 0.6 is 0 Å². The zero-order valence-electron chi connectivity index (χ0n) is 33.2. The fraction of sp³-hybridized carbons (Fsp3) is 0.0345. The van der Waals surface area contributed by atoms with Crippen LogP contribution in [0.4, 0.5) is 0 Å². The van der Waals surface area contributed by atoms with E-state index in [2.05, 4.69) is 241 Å². The van der Waals surface area contributed by atoms with Gasteiger partial charge < -0.3 is 4.57 Å². The fourth-order valence-corrected chi connectivity index (χ4v) is 15.7. The molecule has 0 saturated heterocycles. The molecule has 0 radical (unpaired) electrons. The van der Waals surface area contributed by atoms with Gasteiger partial charge in [0.05, 0.1) is 11.0 Å². The van der Waals surface area contributed by atoms with Crippen molar-refractivity contribution < 1.29 is 0 Å². The average Bonchev–Trinajstić information content (AvgIpc) is 3.67. The Morgan fingerprint density at radius 3 is 1.35 bits per heavy atom. The van der Waals surface area contributed by atoms with Crippen molar-refractivity contribution in [2.45, 2.75) is 11.8 Å². The summed E-state index contributed by atoms with van der Waals surface area (Å²) < 4.78 is 2.43. The average molecular weight is 780 g/mol. The van der Waals surface area contributed by atoms with E-state index >= 15 is 0 Å². The van der Waals surface area contributed by atoms with Crippen molar-refractivity contribution in [1.29, 1.82) is 0 Å². The van der Waals surface area contributed by atoms with Gasteiger partial charge in [0, 0.05) is 21.9 Å². The molecule has 0 aliphatic heterocycles. The van der Waals surface area contributed by atoms with Gasteiger partial charge in [0.2, 0.25) is 0 Å². The summed E-state index contributed by atoms with van der Waals surface area (Å²) in [5, 5.41) is 13.4. The van der Waals surface area contributed by atoms with Crippen LogP contribution < -0.4 is 20.7 Å². The summed E-state index contributed by atoms with van der Waals surface area (Å²) in [6, 6.07) is 89.2. The smallest absolute Gasteiger partial charge is 0.179 e. The van der Waals surface area contributed by atoms with E-state index in [4.69, 9.17) is 0 Å². The molecule has 1 atom stereocenters. The summed E-state index contributed by atoms with van der Waals surface area (Å²) in [7, 11) is -2.71. The first kappa shape index (κ1) is 34.7. The summed E-state index contributed by atoms with van der Waals surface area (Å²) in [4.78, 5) is 0. The maximum atomic E-state index is 2.48. The van der Waals surface area contributed by atoms with Crippen molar-refractivity contribution in [3.8, 4) is 5.69 Å². The van der Waals surface area contributed by atoms with E-state index < -0.39 is 13.5 Å². The van der Waals surface area contributed by atoms with Gasteiger partial charge >= 0.3 is 0 Å². The number of rotatable bonds is 7. The molecule has 12 rings (SSSR count). The Kier molecular flexibility index (Phi) is 7.91. The minimum atomic E-state index is -2.71. The van der Waals surface area contributed by atoms with Crippen molar-refractivity contribution in [1.82, 2.24) is 4.57 Å².